The van der Waals surface area contributed by atoms with E-state index in [-0.39, 0.29) is 11.8 Å². The predicted molar refractivity (Wildman–Crippen MR) is 31.3 cm³/mol. The molecule has 0 aliphatic heterocycles. The summed E-state index contributed by atoms with van der Waals surface area (Å²) in [5.74, 6) is -0.803. The van der Waals surface area contributed by atoms with Gasteiger partial charge in [-0.25, -0.2) is 4.79 Å². The van der Waals surface area contributed by atoms with Gasteiger partial charge in [0, 0.05) is 4.53 Å². The highest BCUT2D eigenvalue weighted by Gasteiger charge is 2.17. The van der Waals surface area contributed by atoms with Gasteiger partial charge < -0.3 is 0 Å². The maximum atomic E-state index is 11.1. The minimum atomic E-state index is -0.803. The lowest BCUT2D eigenvalue weighted by molar-refractivity contribution is -0.185. The van der Waals surface area contributed by atoms with Crippen molar-refractivity contribution in [2.75, 3.05) is 0 Å². The van der Waals surface area contributed by atoms with Crippen molar-refractivity contribution < 1.29 is 14.3 Å². The monoisotopic (exact) mass is 134 g/mol. The molecule has 0 saturated heterocycles. The van der Waals surface area contributed by atoms with E-state index in [0.717, 1.165) is 0 Å². The number of carbonyl (C=O) groups excluding carboxylic acids is 1. The second-order valence-electron chi connectivity index (χ2n) is 3.19. The molecule has 0 radical (unpaired) electrons. The van der Waals surface area contributed by atoms with E-state index in [1.165, 1.54) is 0 Å². The Hall–Kier alpha value is -0.600. The van der Waals surface area contributed by atoms with Crippen LogP contribution in [0.15, 0.2) is 0 Å². The van der Waals surface area contributed by atoms with E-state index in [1.54, 1.807) is 0 Å². The number of hydrogen-bond acceptors (Lipinski definition) is 2. The van der Waals surface area contributed by atoms with Crippen LogP contribution < -0.4 is 0 Å². The van der Waals surface area contributed by atoms with Gasteiger partial charge >= 0.3 is 5.97 Å². The van der Waals surface area contributed by atoms with Gasteiger partial charge in [-0.3, -0.25) is 4.94 Å². The van der Waals surface area contributed by atoms with Crippen LogP contribution in [-0.4, -0.2) is 5.97 Å². The number of carbonyl (C=O) groups is 1. The molecule has 0 fully saturated rings. The van der Waals surface area contributed by atoms with Crippen molar-refractivity contribution in [2.45, 2.75) is 27.2 Å². The first kappa shape index (κ1) is 8.40. The molecule has 0 N–H and O–H groups in total. The third kappa shape index (κ3) is 5.27. The highest BCUT2D eigenvalue weighted by molar-refractivity contribution is 5.69. The van der Waals surface area contributed by atoms with Crippen LogP contribution in [0.3, 0.4) is 0 Å². The standard InChI is InChI=1S/C6H11FO2/c1-6(2,3)4-5(8)9-7/h4H2,1-3H3. The van der Waals surface area contributed by atoms with Crippen LogP contribution in [-0.2, 0) is 9.74 Å². The van der Waals surface area contributed by atoms with Gasteiger partial charge in [0.25, 0.3) is 0 Å². The Labute approximate surface area is 53.9 Å². The van der Waals surface area contributed by atoms with Crippen LogP contribution in [0.2, 0.25) is 0 Å². The third-order valence-electron chi connectivity index (χ3n) is 0.761. The van der Waals surface area contributed by atoms with Crippen molar-refractivity contribution in [3.05, 3.63) is 0 Å². The highest BCUT2D eigenvalue weighted by Crippen LogP contribution is 2.18. The fourth-order valence-electron chi connectivity index (χ4n) is 0.460. The van der Waals surface area contributed by atoms with Crippen LogP contribution in [0, 0.1) is 5.41 Å². The lowest BCUT2D eigenvalue weighted by Crippen LogP contribution is -2.12. The molecule has 0 amide bonds. The smallest absolute Gasteiger partial charge is 0.255 e. The van der Waals surface area contributed by atoms with Crippen molar-refractivity contribution in [2.24, 2.45) is 5.41 Å². The van der Waals surface area contributed by atoms with E-state index >= 15 is 0 Å². The molecule has 0 rings (SSSR count). The Bertz CT molecular complexity index is 104. The first-order valence-corrected chi connectivity index (χ1v) is 2.77. The average Bonchev–Trinajstić information content (AvgIpc) is 1.62. The minimum Gasteiger partial charge on any atom is -0.255 e. The molecule has 0 atom stereocenters. The molecule has 0 heterocycles. The molecule has 0 bridgehead atoms. The lowest BCUT2D eigenvalue weighted by Gasteiger charge is -2.13. The quantitative estimate of drug-likeness (QED) is 0.547. The molecule has 0 aliphatic carbocycles. The average molecular weight is 134 g/mol. The fraction of sp³-hybridized carbons (Fsp3) is 0.833. The molecular formula is C6H11FO2. The fourth-order valence-corrected chi connectivity index (χ4v) is 0.460. The molecule has 0 saturated carbocycles. The molecule has 3 heteroatoms. The van der Waals surface area contributed by atoms with E-state index in [4.69, 9.17) is 0 Å². The summed E-state index contributed by atoms with van der Waals surface area (Å²) in [5, 5.41) is 0. The summed E-state index contributed by atoms with van der Waals surface area (Å²) in [4.78, 5) is 13.2. The van der Waals surface area contributed by atoms with Gasteiger partial charge in [0.2, 0.25) is 0 Å². The molecule has 0 aliphatic rings. The summed E-state index contributed by atoms with van der Waals surface area (Å²) in [6, 6.07) is 0. The maximum absolute atomic E-state index is 11.1. The Morgan fingerprint density at radius 3 is 2.11 bits per heavy atom. The normalized spacial score (nSPS) is 11.1. The van der Waals surface area contributed by atoms with Crippen molar-refractivity contribution >= 4 is 5.97 Å². The Balaban J connectivity index is 3.60. The molecule has 0 aromatic rings. The first-order chi connectivity index (χ1) is 3.95. The molecule has 9 heavy (non-hydrogen) atoms. The molecule has 0 spiro atoms. The second-order valence-corrected chi connectivity index (χ2v) is 3.19. The zero-order valence-corrected chi connectivity index (χ0v) is 5.90. The Kier molecular flexibility index (Phi) is 2.62. The highest BCUT2D eigenvalue weighted by atomic mass is 19.3. The van der Waals surface area contributed by atoms with Gasteiger partial charge in [0.1, 0.15) is 0 Å². The summed E-state index contributed by atoms with van der Waals surface area (Å²) in [7, 11) is 0. The van der Waals surface area contributed by atoms with Gasteiger partial charge in [0.05, 0.1) is 6.42 Å². The van der Waals surface area contributed by atoms with Gasteiger partial charge in [-0.1, -0.05) is 20.8 Å². The van der Waals surface area contributed by atoms with Crippen molar-refractivity contribution in [1.29, 1.82) is 0 Å². The van der Waals surface area contributed by atoms with Gasteiger partial charge in [0.15, 0.2) is 0 Å². The molecule has 0 unspecified atom stereocenters. The zero-order valence-electron chi connectivity index (χ0n) is 5.90. The topological polar surface area (TPSA) is 26.3 Å². The molecular weight excluding hydrogens is 123 g/mol. The summed E-state index contributed by atoms with van der Waals surface area (Å²) in [6.07, 6.45) is 0.115. The van der Waals surface area contributed by atoms with Gasteiger partial charge in [-0.15, -0.1) is 0 Å². The van der Waals surface area contributed by atoms with Crippen LogP contribution >= 0.6 is 0 Å². The van der Waals surface area contributed by atoms with E-state index in [0.29, 0.717) is 0 Å². The van der Waals surface area contributed by atoms with Crippen LogP contribution in [0.25, 0.3) is 0 Å². The van der Waals surface area contributed by atoms with E-state index < -0.39 is 5.97 Å². The SMILES string of the molecule is CC(C)(C)CC(=O)OF. The van der Waals surface area contributed by atoms with Crippen molar-refractivity contribution in [3.63, 3.8) is 0 Å². The van der Waals surface area contributed by atoms with Crippen molar-refractivity contribution in [3.8, 4) is 0 Å². The largest absolute Gasteiger partial charge is 0.349 e. The van der Waals surface area contributed by atoms with Crippen LogP contribution in [0.1, 0.15) is 27.2 Å². The first-order valence-electron chi connectivity index (χ1n) is 2.77. The summed E-state index contributed by atoms with van der Waals surface area (Å²) in [6.45, 7) is 5.51. The number of hydrogen-bond donors (Lipinski definition) is 0. The van der Waals surface area contributed by atoms with Gasteiger partial charge in [-0.05, 0) is 5.41 Å². The van der Waals surface area contributed by atoms with E-state index in [9.17, 15) is 9.32 Å². The van der Waals surface area contributed by atoms with Crippen LogP contribution in [0.4, 0.5) is 4.53 Å². The molecule has 2 nitrogen and oxygen atoms in total. The molecule has 0 aromatic heterocycles. The summed E-state index contributed by atoms with van der Waals surface area (Å²) in [5.41, 5.74) is -0.191. The Morgan fingerprint density at radius 2 is 2.00 bits per heavy atom. The minimum absolute atomic E-state index is 0.115. The zero-order chi connectivity index (χ0) is 7.49. The number of halogens is 1. The molecule has 54 valence electrons. The van der Waals surface area contributed by atoms with Crippen LogP contribution in [0.5, 0.6) is 0 Å². The summed E-state index contributed by atoms with van der Waals surface area (Å²) < 4.78 is 11.1. The maximum Gasteiger partial charge on any atom is 0.349 e. The summed E-state index contributed by atoms with van der Waals surface area (Å²) >= 11 is 0. The molecule has 0 aromatic carbocycles. The third-order valence-corrected chi connectivity index (χ3v) is 0.761. The van der Waals surface area contributed by atoms with E-state index in [2.05, 4.69) is 4.94 Å². The Morgan fingerprint density at radius 1 is 1.56 bits per heavy atom. The lowest BCUT2D eigenvalue weighted by atomic mass is 9.93. The van der Waals surface area contributed by atoms with E-state index in [1.807, 2.05) is 20.8 Å². The predicted octanol–water partition coefficient (Wildman–Crippen LogP) is 1.85. The van der Waals surface area contributed by atoms with Gasteiger partial charge in [-0.2, -0.15) is 0 Å². The second kappa shape index (κ2) is 2.80. The van der Waals surface area contributed by atoms with Crippen molar-refractivity contribution in [1.82, 2.24) is 0 Å². The number of rotatable bonds is 1.